The molecule has 0 aliphatic heterocycles. The summed E-state index contributed by atoms with van der Waals surface area (Å²) in [6, 6.07) is 3.27. The first-order valence-corrected chi connectivity index (χ1v) is 7.22. The van der Waals surface area contributed by atoms with Gasteiger partial charge in [-0.05, 0) is 37.0 Å². The zero-order valence-corrected chi connectivity index (χ0v) is 11.8. The molecule has 0 bridgehead atoms. The second kappa shape index (κ2) is 6.99. The van der Waals surface area contributed by atoms with E-state index in [-0.39, 0.29) is 18.8 Å². The number of hydrogen-bond donors (Lipinski definition) is 2. The van der Waals surface area contributed by atoms with E-state index in [9.17, 15) is 8.78 Å². The molecule has 0 heterocycles. The van der Waals surface area contributed by atoms with Gasteiger partial charge in [-0.2, -0.15) is 0 Å². The van der Waals surface area contributed by atoms with Crippen molar-refractivity contribution in [2.24, 2.45) is 0 Å². The Bertz CT molecular complexity index is 420. The first-order chi connectivity index (χ1) is 9.65. The molecule has 1 saturated carbocycles. The fourth-order valence-electron chi connectivity index (χ4n) is 2.30. The molecule has 0 atom stereocenters. The minimum Gasteiger partial charge on any atom is -0.395 e. The number of anilines is 1. The van der Waals surface area contributed by atoms with E-state index in [4.69, 9.17) is 5.11 Å². The van der Waals surface area contributed by atoms with Crippen LogP contribution in [0, 0.1) is 11.6 Å². The number of halogens is 2. The standard InChI is InChI=1S/C15H22F2N2O/c1-2-5-19(6-7-20)15-13(16)8-11(9-14(15)17)10-18-12-3-4-12/h8-9,12,18,20H,2-7,10H2,1H3. The highest BCUT2D eigenvalue weighted by Crippen LogP contribution is 2.26. The van der Waals surface area contributed by atoms with Gasteiger partial charge in [-0.15, -0.1) is 0 Å². The van der Waals surface area contributed by atoms with Crippen molar-refractivity contribution in [1.29, 1.82) is 0 Å². The lowest BCUT2D eigenvalue weighted by Crippen LogP contribution is -2.29. The topological polar surface area (TPSA) is 35.5 Å². The maximum absolute atomic E-state index is 14.2. The second-order valence-electron chi connectivity index (χ2n) is 5.27. The highest BCUT2D eigenvalue weighted by atomic mass is 19.1. The van der Waals surface area contributed by atoms with Crippen LogP contribution in [0.4, 0.5) is 14.5 Å². The van der Waals surface area contributed by atoms with Gasteiger partial charge in [-0.25, -0.2) is 8.78 Å². The van der Waals surface area contributed by atoms with Crippen molar-refractivity contribution in [2.45, 2.75) is 38.8 Å². The Morgan fingerprint density at radius 1 is 1.25 bits per heavy atom. The molecule has 0 saturated heterocycles. The monoisotopic (exact) mass is 284 g/mol. The van der Waals surface area contributed by atoms with Crippen LogP contribution >= 0.6 is 0 Å². The molecule has 0 aromatic heterocycles. The van der Waals surface area contributed by atoms with Crippen LogP contribution in [0.25, 0.3) is 0 Å². The van der Waals surface area contributed by atoms with Crippen LogP contribution in [0.15, 0.2) is 12.1 Å². The number of benzene rings is 1. The SMILES string of the molecule is CCCN(CCO)c1c(F)cc(CNC2CC2)cc1F. The van der Waals surface area contributed by atoms with E-state index in [1.807, 2.05) is 6.92 Å². The van der Waals surface area contributed by atoms with E-state index in [0.717, 1.165) is 19.3 Å². The summed E-state index contributed by atoms with van der Waals surface area (Å²) in [4.78, 5) is 1.56. The molecule has 1 aromatic rings. The first-order valence-electron chi connectivity index (χ1n) is 7.22. The van der Waals surface area contributed by atoms with Gasteiger partial charge in [0.1, 0.15) is 17.3 Å². The molecule has 1 fully saturated rings. The number of aliphatic hydroxyl groups excluding tert-OH is 1. The molecule has 2 rings (SSSR count). The Kier molecular flexibility index (Phi) is 5.31. The summed E-state index contributed by atoms with van der Waals surface area (Å²) in [6.45, 7) is 3.07. The lowest BCUT2D eigenvalue weighted by Gasteiger charge is -2.24. The average molecular weight is 284 g/mol. The molecule has 1 aliphatic carbocycles. The summed E-state index contributed by atoms with van der Waals surface area (Å²) < 4.78 is 28.3. The summed E-state index contributed by atoms with van der Waals surface area (Å²) in [6.07, 6.45) is 3.05. The predicted molar refractivity (Wildman–Crippen MR) is 75.8 cm³/mol. The van der Waals surface area contributed by atoms with Crippen LogP contribution in [0.2, 0.25) is 0 Å². The Morgan fingerprint density at radius 2 is 1.90 bits per heavy atom. The second-order valence-corrected chi connectivity index (χ2v) is 5.27. The van der Waals surface area contributed by atoms with E-state index in [1.165, 1.54) is 12.1 Å². The normalized spacial score (nSPS) is 14.6. The molecule has 0 radical (unpaired) electrons. The third-order valence-electron chi connectivity index (χ3n) is 3.43. The largest absolute Gasteiger partial charge is 0.395 e. The molecule has 1 aliphatic rings. The van der Waals surface area contributed by atoms with E-state index in [1.54, 1.807) is 4.90 Å². The Balaban J connectivity index is 2.14. The number of hydrogen-bond acceptors (Lipinski definition) is 3. The third-order valence-corrected chi connectivity index (χ3v) is 3.43. The fourth-order valence-corrected chi connectivity index (χ4v) is 2.30. The minimum atomic E-state index is -0.556. The molecule has 112 valence electrons. The molecule has 5 heteroatoms. The van der Waals surface area contributed by atoms with Gasteiger partial charge in [0, 0.05) is 25.7 Å². The molecular formula is C15H22F2N2O. The van der Waals surface area contributed by atoms with Crippen molar-refractivity contribution >= 4 is 5.69 Å². The smallest absolute Gasteiger partial charge is 0.149 e. The van der Waals surface area contributed by atoms with Crippen LogP contribution in [0.5, 0.6) is 0 Å². The predicted octanol–water partition coefficient (Wildman–Crippen LogP) is 2.43. The lowest BCUT2D eigenvalue weighted by atomic mass is 10.1. The quantitative estimate of drug-likeness (QED) is 0.769. The van der Waals surface area contributed by atoms with Gasteiger partial charge in [0.05, 0.1) is 6.61 Å². The highest BCUT2D eigenvalue weighted by molar-refractivity contribution is 5.50. The van der Waals surface area contributed by atoms with Gasteiger partial charge in [-0.3, -0.25) is 0 Å². The highest BCUT2D eigenvalue weighted by Gasteiger charge is 2.21. The molecular weight excluding hydrogens is 262 g/mol. The third kappa shape index (κ3) is 3.90. The maximum Gasteiger partial charge on any atom is 0.149 e. The molecule has 20 heavy (non-hydrogen) atoms. The van der Waals surface area contributed by atoms with Crippen molar-refractivity contribution in [3.05, 3.63) is 29.3 Å². The summed E-state index contributed by atoms with van der Waals surface area (Å²) in [5.74, 6) is -1.11. The average Bonchev–Trinajstić information content (AvgIpc) is 3.20. The number of nitrogens with one attached hydrogen (secondary N) is 1. The summed E-state index contributed by atoms with van der Waals surface area (Å²) in [5, 5.41) is 12.3. The molecule has 3 nitrogen and oxygen atoms in total. The van der Waals surface area contributed by atoms with Gasteiger partial charge in [-0.1, -0.05) is 6.92 Å². The number of aliphatic hydroxyl groups is 1. The zero-order valence-electron chi connectivity index (χ0n) is 11.8. The summed E-state index contributed by atoms with van der Waals surface area (Å²) >= 11 is 0. The molecule has 0 spiro atoms. The van der Waals surface area contributed by atoms with Crippen LogP contribution in [0.1, 0.15) is 31.7 Å². The van der Waals surface area contributed by atoms with E-state index < -0.39 is 11.6 Å². The van der Waals surface area contributed by atoms with Crippen LogP contribution in [-0.2, 0) is 6.54 Å². The number of nitrogens with zero attached hydrogens (tertiary/aromatic N) is 1. The number of rotatable bonds is 8. The Hall–Kier alpha value is -1.20. The van der Waals surface area contributed by atoms with E-state index in [2.05, 4.69) is 5.32 Å². The van der Waals surface area contributed by atoms with Gasteiger partial charge < -0.3 is 15.3 Å². The van der Waals surface area contributed by atoms with Crippen LogP contribution < -0.4 is 10.2 Å². The Morgan fingerprint density at radius 3 is 2.40 bits per heavy atom. The molecule has 1 aromatic carbocycles. The zero-order chi connectivity index (χ0) is 14.5. The molecule has 2 N–H and O–H groups in total. The van der Waals surface area contributed by atoms with Crippen molar-refractivity contribution in [2.75, 3.05) is 24.6 Å². The minimum absolute atomic E-state index is 0.0314. The molecule has 0 unspecified atom stereocenters. The first kappa shape index (κ1) is 15.2. The lowest BCUT2D eigenvalue weighted by molar-refractivity contribution is 0.301. The van der Waals surface area contributed by atoms with Gasteiger partial charge >= 0.3 is 0 Å². The van der Waals surface area contributed by atoms with E-state index in [0.29, 0.717) is 24.7 Å². The summed E-state index contributed by atoms with van der Waals surface area (Å²) in [7, 11) is 0. The van der Waals surface area contributed by atoms with Crippen molar-refractivity contribution < 1.29 is 13.9 Å². The fraction of sp³-hybridized carbons (Fsp3) is 0.600. The van der Waals surface area contributed by atoms with Crippen molar-refractivity contribution in [1.82, 2.24) is 5.32 Å². The van der Waals surface area contributed by atoms with Gasteiger partial charge in [0.25, 0.3) is 0 Å². The van der Waals surface area contributed by atoms with Gasteiger partial charge in [0.15, 0.2) is 0 Å². The van der Waals surface area contributed by atoms with Gasteiger partial charge in [0.2, 0.25) is 0 Å². The molecule has 0 amide bonds. The maximum atomic E-state index is 14.2. The van der Waals surface area contributed by atoms with E-state index >= 15 is 0 Å². The van der Waals surface area contributed by atoms with Crippen LogP contribution in [0.3, 0.4) is 0 Å². The van der Waals surface area contributed by atoms with Crippen molar-refractivity contribution in [3.8, 4) is 0 Å². The Labute approximate surface area is 118 Å². The van der Waals surface area contributed by atoms with Crippen LogP contribution in [-0.4, -0.2) is 30.8 Å². The summed E-state index contributed by atoms with van der Waals surface area (Å²) in [5.41, 5.74) is 0.590. The van der Waals surface area contributed by atoms with Crippen molar-refractivity contribution in [3.63, 3.8) is 0 Å².